The van der Waals surface area contributed by atoms with Crippen molar-refractivity contribution >= 4 is 13.3 Å². The van der Waals surface area contributed by atoms with E-state index in [9.17, 15) is 13.2 Å². The second-order valence-electron chi connectivity index (χ2n) is 1.76. The molecule has 0 unspecified atom stereocenters. The Hall–Kier alpha value is -0.925. The smallest absolute Gasteiger partial charge is 0.193 e. The van der Waals surface area contributed by atoms with Crippen molar-refractivity contribution in [1.82, 2.24) is 0 Å². The van der Waals surface area contributed by atoms with Gasteiger partial charge in [-0.2, -0.15) is 0 Å². The summed E-state index contributed by atoms with van der Waals surface area (Å²) in [7, 11) is 4.91. The summed E-state index contributed by atoms with van der Waals surface area (Å²) in [6, 6.07) is 1.74. The summed E-state index contributed by atoms with van der Waals surface area (Å²) < 4.78 is 36.5. The van der Waals surface area contributed by atoms with Crippen molar-refractivity contribution < 1.29 is 13.2 Å². The molecule has 0 N–H and O–H groups in total. The highest BCUT2D eigenvalue weighted by Gasteiger charge is 2.08. The molecule has 0 spiro atoms. The molecule has 0 bridgehead atoms. The van der Waals surface area contributed by atoms with Crippen molar-refractivity contribution in [2.24, 2.45) is 0 Å². The van der Waals surface area contributed by atoms with Crippen molar-refractivity contribution in [3.05, 3.63) is 29.6 Å². The zero-order valence-electron chi connectivity index (χ0n) is 4.87. The van der Waals surface area contributed by atoms with E-state index in [-0.39, 0.29) is 5.46 Å². The lowest BCUT2D eigenvalue weighted by Gasteiger charge is -1.96. The molecule has 0 aromatic heterocycles. The van der Waals surface area contributed by atoms with Crippen LogP contribution in [0.15, 0.2) is 12.1 Å². The Labute approximate surface area is 57.1 Å². The van der Waals surface area contributed by atoms with Gasteiger partial charge in [0.2, 0.25) is 0 Å². The van der Waals surface area contributed by atoms with Gasteiger partial charge in [0, 0.05) is 0 Å². The Bertz CT molecular complexity index is 232. The van der Waals surface area contributed by atoms with Crippen LogP contribution in [0.5, 0.6) is 0 Å². The van der Waals surface area contributed by atoms with Crippen molar-refractivity contribution in [1.29, 1.82) is 0 Å². The van der Waals surface area contributed by atoms with E-state index in [0.29, 0.717) is 0 Å². The van der Waals surface area contributed by atoms with Crippen LogP contribution >= 0.6 is 0 Å². The molecule has 0 fully saturated rings. The van der Waals surface area contributed by atoms with Crippen LogP contribution < -0.4 is 5.46 Å². The van der Waals surface area contributed by atoms with Gasteiger partial charge in [0.25, 0.3) is 0 Å². The lowest BCUT2D eigenvalue weighted by atomic mass is 9.95. The maximum absolute atomic E-state index is 12.3. The standard InChI is InChI=1S/C6H2BF3/c7-3-1-2-4(8)6(10)5(3)9/h1-2H. The largest absolute Gasteiger partial charge is 0.204 e. The van der Waals surface area contributed by atoms with Crippen LogP contribution in [0.1, 0.15) is 0 Å². The minimum Gasteiger partial charge on any atom is -0.204 e. The molecule has 0 amide bonds. The zero-order valence-corrected chi connectivity index (χ0v) is 4.87. The van der Waals surface area contributed by atoms with E-state index in [1.807, 2.05) is 0 Å². The topological polar surface area (TPSA) is 0 Å². The predicted molar refractivity (Wildman–Crippen MR) is 31.7 cm³/mol. The molecule has 2 radical (unpaired) electrons. The first-order chi connectivity index (χ1) is 4.63. The summed E-state index contributed by atoms with van der Waals surface area (Å²) in [6.07, 6.45) is 0. The first kappa shape index (κ1) is 7.19. The SMILES string of the molecule is [B]c1ccc(F)c(F)c1F. The fourth-order valence-electron chi connectivity index (χ4n) is 0.541. The molecule has 0 heterocycles. The molecule has 1 aromatic carbocycles. The minimum atomic E-state index is -1.53. The van der Waals surface area contributed by atoms with Gasteiger partial charge in [-0.25, -0.2) is 13.2 Å². The van der Waals surface area contributed by atoms with E-state index < -0.39 is 17.5 Å². The van der Waals surface area contributed by atoms with Gasteiger partial charge in [0.15, 0.2) is 17.5 Å². The lowest BCUT2D eigenvalue weighted by Crippen LogP contribution is -2.11. The maximum atomic E-state index is 12.3. The van der Waals surface area contributed by atoms with E-state index in [1.54, 1.807) is 0 Å². The van der Waals surface area contributed by atoms with Gasteiger partial charge in [-0.05, 0) is 6.07 Å². The Morgan fingerprint density at radius 1 is 1.00 bits per heavy atom. The van der Waals surface area contributed by atoms with Crippen molar-refractivity contribution in [2.45, 2.75) is 0 Å². The third kappa shape index (κ3) is 1.01. The van der Waals surface area contributed by atoms with Crippen molar-refractivity contribution in [3.8, 4) is 0 Å². The van der Waals surface area contributed by atoms with Crippen LogP contribution in [0.2, 0.25) is 0 Å². The quantitative estimate of drug-likeness (QED) is 0.372. The molecule has 10 heavy (non-hydrogen) atoms. The second-order valence-corrected chi connectivity index (χ2v) is 1.76. The third-order valence-corrected chi connectivity index (χ3v) is 1.07. The van der Waals surface area contributed by atoms with Gasteiger partial charge >= 0.3 is 0 Å². The molecule has 4 heteroatoms. The highest BCUT2D eigenvalue weighted by atomic mass is 19.2. The predicted octanol–water partition coefficient (Wildman–Crippen LogP) is 0.898. The van der Waals surface area contributed by atoms with Gasteiger partial charge < -0.3 is 0 Å². The normalized spacial score (nSPS) is 9.90. The van der Waals surface area contributed by atoms with Gasteiger partial charge in [0.1, 0.15) is 7.85 Å². The molecule has 0 saturated heterocycles. The fourth-order valence-corrected chi connectivity index (χ4v) is 0.541. The number of benzene rings is 1. The molecular formula is C6H2BF3. The molecule has 0 aliphatic rings. The highest BCUT2D eigenvalue weighted by molar-refractivity contribution is 6.32. The lowest BCUT2D eigenvalue weighted by molar-refractivity contribution is 0.451. The average Bonchev–Trinajstić information content (AvgIpc) is 1.93. The molecule has 0 atom stereocenters. The number of rotatable bonds is 0. The van der Waals surface area contributed by atoms with Gasteiger partial charge in [0.05, 0.1) is 0 Å². The summed E-state index contributed by atoms with van der Waals surface area (Å²) in [5.74, 6) is -4.09. The Kier molecular flexibility index (Phi) is 1.70. The third-order valence-electron chi connectivity index (χ3n) is 1.07. The monoisotopic (exact) mass is 142 g/mol. The van der Waals surface area contributed by atoms with Crippen molar-refractivity contribution in [3.63, 3.8) is 0 Å². The van der Waals surface area contributed by atoms with E-state index in [2.05, 4.69) is 0 Å². The summed E-state index contributed by atoms with van der Waals surface area (Å²) in [5.41, 5.74) is -0.390. The molecule has 1 aromatic rings. The molecule has 50 valence electrons. The van der Waals surface area contributed by atoms with Gasteiger partial charge in [-0.3, -0.25) is 0 Å². The van der Waals surface area contributed by atoms with Crippen LogP contribution in [0.3, 0.4) is 0 Å². The molecule has 0 aliphatic carbocycles. The molecular weight excluding hydrogens is 140 g/mol. The van der Waals surface area contributed by atoms with Crippen LogP contribution in [-0.4, -0.2) is 7.85 Å². The van der Waals surface area contributed by atoms with E-state index in [4.69, 9.17) is 7.85 Å². The second kappa shape index (κ2) is 2.36. The summed E-state index contributed by atoms with van der Waals surface area (Å²) in [6.45, 7) is 0. The number of hydrogen-bond acceptors (Lipinski definition) is 0. The average molecular weight is 142 g/mol. The first-order valence-corrected chi connectivity index (χ1v) is 2.52. The van der Waals surface area contributed by atoms with Crippen LogP contribution in [0.25, 0.3) is 0 Å². The fraction of sp³-hybridized carbons (Fsp3) is 0. The van der Waals surface area contributed by atoms with Crippen LogP contribution in [0.4, 0.5) is 13.2 Å². The van der Waals surface area contributed by atoms with E-state index >= 15 is 0 Å². The Morgan fingerprint density at radius 2 is 1.60 bits per heavy atom. The number of hydrogen-bond donors (Lipinski definition) is 0. The number of halogens is 3. The molecule has 1 rings (SSSR count). The highest BCUT2D eigenvalue weighted by Crippen LogP contribution is 2.05. The Balaban J connectivity index is 3.34. The molecule has 0 nitrogen and oxygen atoms in total. The van der Waals surface area contributed by atoms with Crippen LogP contribution in [-0.2, 0) is 0 Å². The van der Waals surface area contributed by atoms with Gasteiger partial charge in [-0.1, -0.05) is 11.5 Å². The van der Waals surface area contributed by atoms with Gasteiger partial charge in [-0.15, -0.1) is 0 Å². The van der Waals surface area contributed by atoms with E-state index in [0.717, 1.165) is 12.1 Å². The van der Waals surface area contributed by atoms with Crippen LogP contribution in [0, 0.1) is 17.5 Å². The molecule has 0 saturated carbocycles. The zero-order chi connectivity index (χ0) is 7.72. The minimum absolute atomic E-state index is 0.390. The molecule has 0 aliphatic heterocycles. The maximum Gasteiger partial charge on any atom is 0.193 e. The first-order valence-electron chi connectivity index (χ1n) is 2.52. The van der Waals surface area contributed by atoms with E-state index in [1.165, 1.54) is 0 Å². The summed E-state index contributed by atoms with van der Waals surface area (Å²) >= 11 is 0. The van der Waals surface area contributed by atoms with Crippen molar-refractivity contribution in [2.75, 3.05) is 0 Å². The summed E-state index contributed by atoms with van der Waals surface area (Å²) in [4.78, 5) is 0. The summed E-state index contributed by atoms with van der Waals surface area (Å²) in [5, 5.41) is 0. The Morgan fingerprint density at radius 3 is 2.10 bits per heavy atom.